The molecule has 0 aromatic carbocycles. The van der Waals surface area contributed by atoms with Crippen LogP contribution in [0.25, 0.3) is 0 Å². The highest BCUT2D eigenvalue weighted by Crippen LogP contribution is 2.33. The van der Waals surface area contributed by atoms with Gasteiger partial charge in [-0.25, -0.2) is 0 Å². The number of carbonyl (C=O) groups is 1. The lowest BCUT2D eigenvalue weighted by molar-refractivity contribution is 0.0628. The molecule has 4 rings (SSSR count). The summed E-state index contributed by atoms with van der Waals surface area (Å²) < 4.78 is 5.29. The van der Waals surface area contributed by atoms with Gasteiger partial charge in [0.2, 0.25) is 0 Å². The Balaban J connectivity index is 1.48. The van der Waals surface area contributed by atoms with Crippen LogP contribution in [0.5, 0.6) is 0 Å². The lowest BCUT2D eigenvalue weighted by Gasteiger charge is -2.36. The summed E-state index contributed by atoms with van der Waals surface area (Å²) in [4.78, 5) is 18.7. The highest BCUT2D eigenvalue weighted by atomic mass is 32.1. The molecule has 2 aliphatic heterocycles. The number of piperidine rings is 1. The molecule has 28 heavy (non-hydrogen) atoms. The Kier molecular flexibility index (Phi) is 5.02. The quantitative estimate of drug-likeness (QED) is 0.789. The summed E-state index contributed by atoms with van der Waals surface area (Å²) in [5, 5.41) is 15.5. The minimum absolute atomic E-state index is 0.0952. The standard InChI is InChI=1S/C21H26N4O2S/c1-14-17(15(2)27-23-14)9-24-8-5-16-18(11-28-19(16)10-24)20(26)25-7-4-6-21(3,12-22)13-25/h11H,4-10,13H2,1-3H3/t21-/m0/s1. The second kappa shape index (κ2) is 7.34. The first-order valence-electron chi connectivity index (χ1n) is 9.84. The van der Waals surface area contributed by atoms with Crippen LogP contribution in [0.3, 0.4) is 0 Å². The number of hydrogen-bond acceptors (Lipinski definition) is 6. The fourth-order valence-corrected chi connectivity index (χ4v) is 5.44. The molecule has 1 fully saturated rings. The number of aryl methyl sites for hydroxylation is 2. The zero-order chi connectivity index (χ0) is 19.9. The van der Waals surface area contributed by atoms with Crippen molar-refractivity contribution < 1.29 is 9.32 Å². The Morgan fingerprint density at radius 2 is 2.25 bits per heavy atom. The van der Waals surface area contributed by atoms with Gasteiger partial charge in [0.1, 0.15) is 5.76 Å². The fraction of sp³-hybridized carbons (Fsp3) is 0.571. The molecular formula is C21H26N4O2S. The Morgan fingerprint density at radius 1 is 1.43 bits per heavy atom. The summed E-state index contributed by atoms with van der Waals surface area (Å²) in [5.41, 5.74) is 3.75. The molecule has 1 saturated heterocycles. The van der Waals surface area contributed by atoms with Gasteiger partial charge in [-0.05, 0) is 45.6 Å². The van der Waals surface area contributed by atoms with Crippen molar-refractivity contribution in [3.05, 3.63) is 38.4 Å². The number of likely N-dealkylation sites (tertiary alicyclic amines) is 1. The van der Waals surface area contributed by atoms with Gasteiger partial charge in [0, 0.05) is 48.5 Å². The number of aromatic nitrogens is 1. The Morgan fingerprint density at radius 3 is 2.96 bits per heavy atom. The summed E-state index contributed by atoms with van der Waals surface area (Å²) in [6.45, 7) is 9.79. The summed E-state index contributed by atoms with van der Waals surface area (Å²) in [7, 11) is 0. The molecule has 0 bridgehead atoms. The van der Waals surface area contributed by atoms with Gasteiger partial charge in [0.15, 0.2) is 0 Å². The van der Waals surface area contributed by atoms with Gasteiger partial charge < -0.3 is 9.42 Å². The van der Waals surface area contributed by atoms with Crippen molar-refractivity contribution in [3.63, 3.8) is 0 Å². The van der Waals surface area contributed by atoms with Crippen LogP contribution in [0.15, 0.2) is 9.90 Å². The van der Waals surface area contributed by atoms with Crippen molar-refractivity contribution in [1.82, 2.24) is 15.0 Å². The maximum absolute atomic E-state index is 13.2. The molecule has 0 spiro atoms. The van der Waals surface area contributed by atoms with E-state index in [0.29, 0.717) is 6.54 Å². The zero-order valence-corrected chi connectivity index (χ0v) is 17.6. The van der Waals surface area contributed by atoms with E-state index in [9.17, 15) is 10.1 Å². The number of nitriles is 1. The molecule has 7 heteroatoms. The summed E-state index contributed by atoms with van der Waals surface area (Å²) in [6.07, 6.45) is 2.64. The van der Waals surface area contributed by atoms with Crippen molar-refractivity contribution >= 4 is 17.2 Å². The molecule has 0 unspecified atom stereocenters. The van der Waals surface area contributed by atoms with Crippen LogP contribution in [0, 0.1) is 30.6 Å². The number of thiophene rings is 1. The number of nitrogens with zero attached hydrogens (tertiary/aromatic N) is 4. The first-order valence-corrected chi connectivity index (χ1v) is 10.7. The summed E-state index contributed by atoms with van der Waals surface area (Å²) in [6, 6.07) is 2.40. The largest absolute Gasteiger partial charge is 0.361 e. The van der Waals surface area contributed by atoms with Crippen LogP contribution in [0.4, 0.5) is 0 Å². The van der Waals surface area contributed by atoms with Crippen molar-refractivity contribution in [3.8, 4) is 6.07 Å². The Labute approximate surface area is 169 Å². The minimum atomic E-state index is -0.421. The molecular weight excluding hydrogens is 372 g/mol. The van der Waals surface area contributed by atoms with Crippen molar-refractivity contribution in [2.45, 2.75) is 53.1 Å². The zero-order valence-electron chi connectivity index (χ0n) is 16.7. The molecule has 1 atom stereocenters. The van der Waals surface area contributed by atoms with Crippen LogP contribution >= 0.6 is 11.3 Å². The molecule has 2 aliphatic rings. The van der Waals surface area contributed by atoms with E-state index in [4.69, 9.17) is 4.52 Å². The summed E-state index contributed by atoms with van der Waals surface area (Å²) in [5.74, 6) is 0.980. The third-order valence-corrected chi connectivity index (χ3v) is 7.09. The van der Waals surface area contributed by atoms with E-state index >= 15 is 0 Å². The van der Waals surface area contributed by atoms with Crippen LogP contribution in [-0.4, -0.2) is 40.5 Å². The van der Waals surface area contributed by atoms with Gasteiger partial charge in [0.25, 0.3) is 5.91 Å². The molecule has 0 saturated carbocycles. The number of carbonyl (C=O) groups excluding carboxylic acids is 1. The van der Waals surface area contributed by atoms with Gasteiger partial charge in [-0.1, -0.05) is 5.16 Å². The van der Waals surface area contributed by atoms with Gasteiger partial charge in [-0.15, -0.1) is 11.3 Å². The molecule has 0 aliphatic carbocycles. The predicted octanol–water partition coefficient (Wildman–Crippen LogP) is 3.68. The number of hydrogen-bond donors (Lipinski definition) is 0. The highest BCUT2D eigenvalue weighted by molar-refractivity contribution is 7.10. The number of amides is 1. The van der Waals surface area contributed by atoms with E-state index in [1.165, 1.54) is 16.0 Å². The van der Waals surface area contributed by atoms with E-state index in [0.717, 1.165) is 62.5 Å². The first-order chi connectivity index (χ1) is 13.4. The fourth-order valence-electron chi connectivity index (χ4n) is 4.32. The average molecular weight is 399 g/mol. The maximum Gasteiger partial charge on any atom is 0.255 e. The topological polar surface area (TPSA) is 73.4 Å². The van der Waals surface area contributed by atoms with Gasteiger partial charge in [-0.2, -0.15) is 5.26 Å². The molecule has 0 N–H and O–H groups in total. The highest BCUT2D eigenvalue weighted by Gasteiger charge is 2.35. The van der Waals surface area contributed by atoms with E-state index in [2.05, 4.69) is 16.1 Å². The van der Waals surface area contributed by atoms with Crippen molar-refractivity contribution in [2.75, 3.05) is 19.6 Å². The van der Waals surface area contributed by atoms with Crippen LogP contribution in [0.2, 0.25) is 0 Å². The van der Waals surface area contributed by atoms with Crippen molar-refractivity contribution in [2.24, 2.45) is 5.41 Å². The van der Waals surface area contributed by atoms with Crippen molar-refractivity contribution in [1.29, 1.82) is 5.26 Å². The smallest absolute Gasteiger partial charge is 0.255 e. The molecule has 2 aromatic heterocycles. The SMILES string of the molecule is Cc1noc(C)c1CN1CCc2c(C(=O)N3CCC[C@@](C)(C#N)C3)csc2C1. The van der Waals surface area contributed by atoms with Crippen LogP contribution in [0.1, 0.15) is 57.6 Å². The third-order valence-electron chi connectivity index (χ3n) is 6.07. The Bertz CT molecular complexity index is 921. The molecule has 1 amide bonds. The number of rotatable bonds is 3. The summed E-state index contributed by atoms with van der Waals surface area (Å²) >= 11 is 1.68. The van der Waals surface area contributed by atoms with E-state index < -0.39 is 5.41 Å². The molecule has 4 heterocycles. The van der Waals surface area contributed by atoms with Crippen LogP contribution in [-0.2, 0) is 19.5 Å². The van der Waals surface area contributed by atoms with Crippen LogP contribution < -0.4 is 0 Å². The lowest BCUT2D eigenvalue weighted by atomic mass is 9.83. The molecule has 6 nitrogen and oxygen atoms in total. The van der Waals surface area contributed by atoms with E-state index in [1.54, 1.807) is 11.3 Å². The van der Waals surface area contributed by atoms with Gasteiger partial charge in [-0.3, -0.25) is 9.69 Å². The van der Waals surface area contributed by atoms with Gasteiger partial charge >= 0.3 is 0 Å². The maximum atomic E-state index is 13.2. The molecule has 0 radical (unpaired) electrons. The first kappa shape index (κ1) is 19.2. The molecule has 148 valence electrons. The Hall–Kier alpha value is -2.17. The van der Waals surface area contributed by atoms with E-state index in [1.807, 2.05) is 31.1 Å². The predicted molar refractivity (Wildman–Crippen MR) is 107 cm³/mol. The normalized spacial score (nSPS) is 22.7. The molecule has 2 aromatic rings. The number of fused-ring (bicyclic) bond motifs is 1. The third kappa shape index (κ3) is 3.47. The van der Waals surface area contributed by atoms with Gasteiger partial charge in [0.05, 0.1) is 22.7 Å². The monoisotopic (exact) mass is 398 g/mol. The lowest BCUT2D eigenvalue weighted by Crippen LogP contribution is -2.44. The van der Waals surface area contributed by atoms with E-state index in [-0.39, 0.29) is 5.91 Å². The second-order valence-corrected chi connectivity index (χ2v) is 9.28. The second-order valence-electron chi connectivity index (χ2n) is 8.32. The average Bonchev–Trinajstić information content (AvgIpc) is 3.25. The minimum Gasteiger partial charge on any atom is -0.361 e.